The Bertz CT molecular complexity index is 1630. The predicted octanol–water partition coefficient (Wildman–Crippen LogP) is 6.38. The number of amides is 1. The lowest BCUT2D eigenvalue weighted by molar-refractivity contribution is -0.384. The number of esters is 1. The zero-order valence-corrected chi connectivity index (χ0v) is 23.5. The maximum absolute atomic E-state index is 13.8. The van der Waals surface area contributed by atoms with Crippen LogP contribution in [-0.4, -0.2) is 25.2 Å². The molecule has 0 spiro atoms. The number of hydrogen-bond acceptors (Lipinski definition) is 7. The molecule has 0 saturated heterocycles. The van der Waals surface area contributed by atoms with Crippen LogP contribution in [0.5, 0.6) is 0 Å². The summed E-state index contributed by atoms with van der Waals surface area (Å²) < 4.78 is 34.6. The molecule has 4 rings (SSSR count). The molecule has 0 saturated carbocycles. The number of anilines is 1. The third kappa shape index (κ3) is 6.61. The van der Waals surface area contributed by atoms with Gasteiger partial charge in [0.2, 0.25) is 5.91 Å². The number of hydrogen-bond donors (Lipinski definition) is 0. The van der Waals surface area contributed by atoms with Crippen molar-refractivity contribution in [1.29, 1.82) is 0 Å². The lowest BCUT2D eigenvalue weighted by atomic mass is 10.1. The molecule has 0 N–H and O–H groups in total. The molecule has 1 amide bonds. The smallest absolute Gasteiger partial charge is 0.338 e. The lowest BCUT2D eigenvalue weighted by Crippen LogP contribution is -2.38. The number of ether oxygens (including phenoxy) is 1. The van der Waals surface area contributed by atoms with E-state index in [0.29, 0.717) is 14.3 Å². The van der Waals surface area contributed by atoms with E-state index >= 15 is 0 Å². The zero-order valence-electron chi connectivity index (χ0n) is 21.1. The molecule has 0 fully saturated rings. The molecule has 0 aliphatic heterocycles. The van der Waals surface area contributed by atoms with E-state index in [2.05, 4.69) is 15.9 Å². The molecule has 0 bridgehead atoms. The van der Waals surface area contributed by atoms with Gasteiger partial charge in [-0.15, -0.1) is 0 Å². The number of sulfonamides is 1. The van der Waals surface area contributed by atoms with Gasteiger partial charge in [0, 0.05) is 16.6 Å². The number of halogens is 1. The van der Waals surface area contributed by atoms with E-state index in [9.17, 15) is 28.1 Å². The van der Waals surface area contributed by atoms with Crippen LogP contribution >= 0.6 is 15.9 Å². The fourth-order valence-electron chi connectivity index (χ4n) is 3.86. The Kier molecular flexibility index (Phi) is 8.76. The highest BCUT2D eigenvalue weighted by atomic mass is 79.9. The number of carbonyl (C=O) groups excluding carboxylic acids is 2. The molecule has 1 atom stereocenters. The van der Waals surface area contributed by atoms with E-state index in [-0.39, 0.29) is 21.8 Å². The van der Waals surface area contributed by atoms with Crippen LogP contribution < -0.4 is 4.31 Å². The largest absolute Gasteiger partial charge is 0.453 e. The van der Waals surface area contributed by atoms with Crippen molar-refractivity contribution in [2.45, 2.75) is 24.3 Å². The average molecular weight is 623 g/mol. The van der Waals surface area contributed by atoms with Gasteiger partial charge in [0.1, 0.15) is 6.10 Å². The van der Waals surface area contributed by atoms with Crippen LogP contribution in [0.4, 0.5) is 11.4 Å². The second-order valence-corrected chi connectivity index (χ2v) is 11.5. The van der Waals surface area contributed by atoms with Crippen molar-refractivity contribution in [3.05, 3.63) is 134 Å². The molecule has 9 nitrogen and oxygen atoms in total. The predicted molar refractivity (Wildman–Crippen MR) is 152 cm³/mol. The quantitative estimate of drug-likeness (QED) is 0.120. The lowest BCUT2D eigenvalue weighted by Gasteiger charge is -2.25. The number of nitrogens with zero attached hydrogens (tertiary/aromatic N) is 2. The highest BCUT2D eigenvalue weighted by Crippen LogP contribution is 2.30. The van der Waals surface area contributed by atoms with Gasteiger partial charge < -0.3 is 4.74 Å². The summed E-state index contributed by atoms with van der Waals surface area (Å²) in [5.41, 5.74) is 1.27. The van der Waals surface area contributed by atoms with Gasteiger partial charge in [-0.05, 0) is 61.0 Å². The van der Waals surface area contributed by atoms with Crippen LogP contribution in [0, 0.1) is 17.0 Å². The third-order valence-corrected chi connectivity index (χ3v) is 8.23. The second kappa shape index (κ2) is 12.2. The topological polar surface area (TPSA) is 124 Å². The van der Waals surface area contributed by atoms with Crippen molar-refractivity contribution < 1.29 is 27.7 Å². The molecule has 0 aromatic heterocycles. The fourth-order valence-corrected chi connectivity index (χ4v) is 5.56. The summed E-state index contributed by atoms with van der Waals surface area (Å²) in [5, 5.41) is 11.0. The minimum Gasteiger partial charge on any atom is -0.453 e. The van der Waals surface area contributed by atoms with Gasteiger partial charge in [-0.25, -0.2) is 17.5 Å². The Morgan fingerprint density at radius 3 is 2.08 bits per heavy atom. The molecule has 0 aliphatic rings. The first-order valence-corrected chi connectivity index (χ1v) is 14.2. The van der Waals surface area contributed by atoms with Gasteiger partial charge in [0.15, 0.2) is 0 Å². The van der Waals surface area contributed by atoms with Crippen LogP contribution in [0.2, 0.25) is 0 Å². The summed E-state index contributed by atoms with van der Waals surface area (Å²) in [6.07, 6.45) is -1.65. The van der Waals surface area contributed by atoms with E-state index in [1.54, 1.807) is 54.6 Å². The first-order chi connectivity index (χ1) is 19.1. The van der Waals surface area contributed by atoms with E-state index in [1.165, 1.54) is 48.5 Å². The molecular weight excluding hydrogens is 600 g/mol. The maximum Gasteiger partial charge on any atom is 0.338 e. The summed E-state index contributed by atoms with van der Waals surface area (Å²) in [4.78, 5) is 37.1. The van der Waals surface area contributed by atoms with Gasteiger partial charge >= 0.3 is 5.97 Å². The van der Waals surface area contributed by atoms with Crippen molar-refractivity contribution in [3.63, 3.8) is 0 Å². The Hall–Kier alpha value is -4.35. The Morgan fingerprint density at radius 2 is 1.50 bits per heavy atom. The highest BCUT2D eigenvalue weighted by Gasteiger charge is 2.34. The molecule has 204 valence electrons. The van der Waals surface area contributed by atoms with Gasteiger partial charge in [0.05, 0.1) is 27.5 Å². The van der Waals surface area contributed by atoms with E-state index < -0.39 is 39.3 Å². The molecule has 0 radical (unpaired) electrons. The third-order valence-electron chi connectivity index (χ3n) is 5.94. The van der Waals surface area contributed by atoms with Crippen molar-refractivity contribution in [1.82, 2.24) is 0 Å². The van der Waals surface area contributed by atoms with Crippen LogP contribution in [0.25, 0.3) is 0 Å². The summed E-state index contributed by atoms with van der Waals surface area (Å²) in [6.45, 7) is 1.82. The van der Waals surface area contributed by atoms with Crippen LogP contribution in [0.15, 0.2) is 112 Å². The summed E-state index contributed by atoms with van der Waals surface area (Å²) in [6, 6.07) is 25.6. The SMILES string of the molecule is Cc1ccc(S(=O)(=O)N(C(=O)CC(OC(=O)c2ccc([N+](=O)[O-])cc2)c2ccccc2)c2ccc(Br)cc2)cc1. The molecule has 4 aromatic rings. The first kappa shape index (κ1) is 28.7. The molecule has 0 aliphatic carbocycles. The normalized spacial score (nSPS) is 11.8. The summed E-state index contributed by atoms with van der Waals surface area (Å²) >= 11 is 3.32. The van der Waals surface area contributed by atoms with Crippen molar-refractivity contribution in [2.75, 3.05) is 4.31 Å². The maximum atomic E-state index is 13.8. The standard InChI is InChI=1S/C29H23BrN2O7S/c1-20-7-17-26(18-8-20)40(37,38)31(24-15-11-23(30)12-16-24)28(33)19-27(21-5-3-2-4-6-21)39-29(34)22-9-13-25(14-10-22)32(35)36/h2-18,27H,19H2,1H3. The first-order valence-electron chi connectivity index (χ1n) is 12.0. The molecule has 0 heterocycles. The van der Waals surface area contributed by atoms with Crippen molar-refractivity contribution >= 4 is 49.2 Å². The highest BCUT2D eigenvalue weighted by molar-refractivity contribution is 9.10. The number of aryl methyl sites for hydroxylation is 1. The Labute approximate surface area is 239 Å². The minimum absolute atomic E-state index is 0.0380. The number of rotatable bonds is 9. The van der Waals surface area contributed by atoms with E-state index in [4.69, 9.17) is 4.74 Å². The van der Waals surface area contributed by atoms with Crippen molar-refractivity contribution in [3.8, 4) is 0 Å². The summed E-state index contributed by atoms with van der Waals surface area (Å²) in [5.74, 6) is -1.65. The fraction of sp³-hybridized carbons (Fsp3) is 0.103. The summed E-state index contributed by atoms with van der Waals surface area (Å²) in [7, 11) is -4.34. The number of nitro benzene ring substituents is 1. The van der Waals surface area contributed by atoms with Gasteiger partial charge in [-0.1, -0.05) is 64.0 Å². The zero-order chi connectivity index (χ0) is 28.9. The number of carbonyl (C=O) groups is 2. The monoisotopic (exact) mass is 622 g/mol. The van der Waals surface area contributed by atoms with Gasteiger partial charge in [-0.3, -0.25) is 14.9 Å². The number of nitro groups is 1. The van der Waals surface area contributed by atoms with E-state index in [1.807, 2.05) is 6.92 Å². The van der Waals surface area contributed by atoms with Crippen LogP contribution in [0.3, 0.4) is 0 Å². The van der Waals surface area contributed by atoms with Gasteiger partial charge in [0.25, 0.3) is 15.7 Å². The van der Waals surface area contributed by atoms with Crippen LogP contribution in [-0.2, 0) is 19.6 Å². The van der Waals surface area contributed by atoms with E-state index in [0.717, 1.165) is 5.56 Å². The molecular formula is C29H23BrN2O7S. The average Bonchev–Trinajstić information content (AvgIpc) is 2.94. The Morgan fingerprint density at radius 1 is 0.900 bits per heavy atom. The molecule has 4 aromatic carbocycles. The number of benzene rings is 4. The Balaban J connectivity index is 1.69. The molecule has 1 unspecified atom stereocenters. The number of non-ortho nitro benzene ring substituents is 1. The van der Waals surface area contributed by atoms with Crippen LogP contribution in [0.1, 0.15) is 34.0 Å². The molecule has 40 heavy (non-hydrogen) atoms. The molecule has 11 heteroatoms. The minimum atomic E-state index is -4.34. The van der Waals surface area contributed by atoms with Crippen molar-refractivity contribution in [2.24, 2.45) is 0 Å². The second-order valence-electron chi connectivity index (χ2n) is 8.77. The van der Waals surface area contributed by atoms with Gasteiger partial charge in [-0.2, -0.15) is 0 Å².